The van der Waals surface area contributed by atoms with E-state index in [0.717, 1.165) is 46.9 Å². The molecule has 1 fully saturated rings. The molecule has 0 bridgehead atoms. The van der Waals surface area contributed by atoms with Gasteiger partial charge in [0.05, 0.1) is 30.1 Å². The molecule has 4 rings (SSSR count). The third-order valence-corrected chi connectivity index (χ3v) is 7.40. The number of nitrogens with zero attached hydrogens (tertiary/aromatic N) is 6. The summed E-state index contributed by atoms with van der Waals surface area (Å²) in [6.45, 7) is 9.60. The lowest BCUT2D eigenvalue weighted by molar-refractivity contribution is 0.130. The first-order valence-electron chi connectivity index (χ1n) is 11.0. The second-order valence-corrected chi connectivity index (χ2v) is 15.0. The Hall–Kier alpha value is -2.92. The number of hydrogen-bond acceptors (Lipinski definition) is 5. The summed E-state index contributed by atoms with van der Waals surface area (Å²) in [5.74, 6) is 0.690. The third-order valence-electron chi connectivity index (χ3n) is 5.70. The fraction of sp³-hybridized carbons (Fsp3) is 0.478. The first kappa shape index (κ1) is 21.3. The molecule has 3 heterocycles. The van der Waals surface area contributed by atoms with Gasteiger partial charge in [-0.25, -0.2) is 14.6 Å². The summed E-state index contributed by atoms with van der Waals surface area (Å²) in [7, 11) is -1.17. The van der Waals surface area contributed by atoms with Crippen molar-refractivity contribution in [2.45, 2.75) is 64.7 Å². The molecule has 31 heavy (non-hydrogen) atoms. The van der Waals surface area contributed by atoms with Crippen LogP contribution >= 0.6 is 0 Å². The molecule has 0 aliphatic heterocycles. The number of aryl methyl sites for hydroxylation is 1. The average Bonchev–Trinajstić information content (AvgIpc) is 3.46. The van der Waals surface area contributed by atoms with Crippen LogP contribution in [0.25, 0.3) is 28.0 Å². The molecule has 0 aromatic carbocycles. The SMILES string of the molecule is Cc1nc(-c2cnn(C(CC#N)=C3CCCC3)c2)c2ccn(OCC[Si](C)(C)C)c2n1. The van der Waals surface area contributed by atoms with Crippen molar-refractivity contribution >= 4 is 24.8 Å². The van der Waals surface area contributed by atoms with Gasteiger partial charge in [0.1, 0.15) is 12.4 Å². The Morgan fingerprint density at radius 2 is 2.00 bits per heavy atom. The molecular weight excluding hydrogens is 404 g/mol. The van der Waals surface area contributed by atoms with Crippen molar-refractivity contribution in [3.63, 3.8) is 0 Å². The highest BCUT2D eigenvalue weighted by atomic mass is 28.3. The summed E-state index contributed by atoms with van der Waals surface area (Å²) in [4.78, 5) is 15.4. The van der Waals surface area contributed by atoms with Gasteiger partial charge < -0.3 is 4.84 Å². The molecule has 0 amide bonds. The second-order valence-electron chi connectivity index (χ2n) is 9.41. The largest absolute Gasteiger partial charge is 0.413 e. The van der Waals surface area contributed by atoms with E-state index in [0.29, 0.717) is 18.9 Å². The highest BCUT2D eigenvalue weighted by molar-refractivity contribution is 6.76. The van der Waals surface area contributed by atoms with Crippen molar-refractivity contribution in [2.75, 3.05) is 6.61 Å². The molecule has 0 radical (unpaired) electrons. The molecule has 0 N–H and O–H groups in total. The van der Waals surface area contributed by atoms with Gasteiger partial charge in [0.2, 0.25) is 0 Å². The molecule has 1 saturated carbocycles. The van der Waals surface area contributed by atoms with Crippen LogP contribution in [0.3, 0.4) is 0 Å². The smallest absolute Gasteiger partial charge is 0.179 e. The summed E-state index contributed by atoms with van der Waals surface area (Å²) in [6, 6.07) is 5.39. The molecule has 1 aliphatic carbocycles. The molecular formula is C23H30N6OSi. The molecule has 162 valence electrons. The van der Waals surface area contributed by atoms with Crippen molar-refractivity contribution < 1.29 is 4.84 Å². The molecule has 0 unspecified atom stereocenters. The molecule has 0 atom stereocenters. The van der Waals surface area contributed by atoms with Gasteiger partial charge in [0.15, 0.2) is 5.65 Å². The number of allylic oxidation sites excluding steroid dienone is 2. The van der Waals surface area contributed by atoms with Crippen LogP contribution in [0.4, 0.5) is 0 Å². The minimum Gasteiger partial charge on any atom is -0.413 e. The van der Waals surface area contributed by atoms with Crippen molar-refractivity contribution in [3.05, 3.63) is 36.1 Å². The zero-order valence-corrected chi connectivity index (χ0v) is 19.9. The molecule has 0 saturated heterocycles. The van der Waals surface area contributed by atoms with E-state index in [2.05, 4.69) is 35.8 Å². The Morgan fingerprint density at radius 1 is 1.23 bits per heavy atom. The fourth-order valence-electron chi connectivity index (χ4n) is 4.00. The molecule has 3 aromatic rings. The topological polar surface area (TPSA) is 81.5 Å². The summed E-state index contributed by atoms with van der Waals surface area (Å²) in [6.07, 6.45) is 10.6. The second kappa shape index (κ2) is 8.67. The average molecular weight is 435 g/mol. The molecule has 7 nitrogen and oxygen atoms in total. The number of aromatic nitrogens is 5. The number of fused-ring (bicyclic) bond motifs is 1. The molecule has 0 spiro atoms. The Balaban J connectivity index is 1.68. The predicted octanol–water partition coefficient (Wildman–Crippen LogP) is 5.07. The van der Waals surface area contributed by atoms with Gasteiger partial charge >= 0.3 is 0 Å². The van der Waals surface area contributed by atoms with Crippen LogP contribution < -0.4 is 4.84 Å². The van der Waals surface area contributed by atoms with Gasteiger partial charge in [-0.2, -0.15) is 15.1 Å². The highest BCUT2D eigenvalue weighted by Crippen LogP contribution is 2.32. The summed E-state index contributed by atoms with van der Waals surface area (Å²) in [5.41, 5.74) is 4.90. The normalized spacial score (nSPS) is 14.2. The fourth-order valence-corrected chi connectivity index (χ4v) is 4.70. The Labute approximate surface area is 184 Å². The highest BCUT2D eigenvalue weighted by Gasteiger charge is 2.19. The van der Waals surface area contributed by atoms with E-state index in [4.69, 9.17) is 9.82 Å². The van der Waals surface area contributed by atoms with Gasteiger partial charge in [0.25, 0.3) is 0 Å². The number of nitriles is 1. The number of rotatable bonds is 7. The first-order valence-corrected chi connectivity index (χ1v) is 14.7. The maximum atomic E-state index is 9.32. The standard InChI is InChI=1S/C23H30N6OSi/c1-17-26-22(20-10-12-29(23(20)27-17)30-13-14-31(2,3)4)19-15-25-28(16-19)21(9-11-24)18-7-5-6-8-18/h10,12,15-16H,5-9,13-14H2,1-4H3. The minimum atomic E-state index is -1.17. The van der Waals surface area contributed by atoms with Crippen LogP contribution in [0.1, 0.15) is 37.9 Å². The van der Waals surface area contributed by atoms with E-state index in [-0.39, 0.29) is 0 Å². The van der Waals surface area contributed by atoms with E-state index in [1.165, 1.54) is 18.4 Å². The van der Waals surface area contributed by atoms with Crippen LogP contribution in [-0.2, 0) is 0 Å². The monoisotopic (exact) mass is 434 g/mol. The third kappa shape index (κ3) is 4.72. The Kier molecular flexibility index (Phi) is 5.96. The van der Waals surface area contributed by atoms with Gasteiger partial charge in [0, 0.05) is 31.4 Å². The van der Waals surface area contributed by atoms with Crippen LogP contribution in [-0.4, -0.2) is 39.2 Å². The van der Waals surface area contributed by atoms with Gasteiger partial charge in [-0.05, 0) is 50.3 Å². The van der Waals surface area contributed by atoms with E-state index < -0.39 is 8.07 Å². The van der Waals surface area contributed by atoms with Crippen molar-refractivity contribution in [1.29, 1.82) is 5.26 Å². The number of hydrogen-bond donors (Lipinski definition) is 0. The van der Waals surface area contributed by atoms with Crippen LogP contribution in [0.5, 0.6) is 0 Å². The zero-order valence-electron chi connectivity index (χ0n) is 18.9. The lowest BCUT2D eigenvalue weighted by Crippen LogP contribution is -2.25. The van der Waals surface area contributed by atoms with Crippen molar-refractivity contribution in [2.24, 2.45) is 0 Å². The van der Waals surface area contributed by atoms with Crippen molar-refractivity contribution in [1.82, 2.24) is 24.5 Å². The quantitative estimate of drug-likeness (QED) is 0.485. The molecule has 1 aliphatic rings. The Bertz CT molecular complexity index is 1150. The van der Waals surface area contributed by atoms with E-state index in [1.54, 1.807) is 4.73 Å². The summed E-state index contributed by atoms with van der Waals surface area (Å²) >= 11 is 0. The lowest BCUT2D eigenvalue weighted by Gasteiger charge is -2.16. The first-order chi connectivity index (χ1) is 14.9. The maximum absolute atomic E-state index is 9.32. The van der Waals surface area contributed by atoms with Crippen LogP contribution in [0, 0.1) is 18.3 Å². The maximum Gasteiger partial charge on any atom is 0.179 e. The summed E-state index contributed by atoms with van der Waals surface area (Å²) in [5, 5.41) is 14.9. The lowest BCUT2D eigenvalue weighted by atomic mass is 10.1. The van der Waals surface area contributed by atoms with Gasteiger partial charge in [-0.1, -0.05) is 19.6 Å². The predicted molar refractivity (Wildman–Crippen MR) is 125 cm³/mol. The van der Waals surface area contributed by atoms with E-state index in [9.17, 15) is 5.26 Å². The Morgan fingerprint density at radius 3 is 2.71 bits per heavy atom. The molecule has 8 heteroatoms. The van der Waals surface area contributed by atoms with Crippen LogP contribution in [0.2, 0.25) is 25.7 Å². The summed E-state index contributed by atoms with van der Waals surface area (Å²) < 4.78 is 3.63. The zero-order chi connectivity index (χ0) is 22.0. The van der Waals surface area contributed by atoms with Crippen molar-refractivity contribution in [3.8, 4) is 17.3 Å². The molecule has 3 aromatic heterocycles. The van der Waals surface area contributed by atoms with E-state index in [1.807, 2.05) is 36.3 Å². The van der Waals surface area contributed by atoms with Gasteiger partial charge in [-0.3, -0.25) is 0 Å². The minimum absolute atomic E-state index is 0.371. The van der Waals surface area contributed by atoms with E-state index >= 15 is 0 Å². The van der Waals surface area contributed by atoms with Gasteiger partial charge in [-0.15, -0.1) is 0 Å². The van der Waals surface area contributed by atoms with Crippen LogP contribution in [0.15, 0.2) is 30.2 Å².